The number of carbonyl (C=O) groups is 1. The normalized spacial score (nSPS) is 11.4. The molecule has 12 heteroatoms. The Morgan fingerprint density at radius 3 is 2.17 bits per heavy atom. The fourth-order valence-electron chi connectivity index (χ4n) is 3.88. The molecule has 42 heavy (non-hydrogen) atoms. The van der Waals surface area contributed by atoms with Gasteiger partial charge in [0.1, 0.15) is 5.75 Å². The Bertz CT molecular complexity index is 1260. The van der Waals surface area contributed by atoms with E-state index in [0.717, 1.165) is 17.7 Å². The molecule has 0 fully saturated rings. The van der Waals surface area contributed by atoms with E-state index >= 15 is 0 Å². The van der Waals surface area contributed by atoms with Gasteiger partial charge in [0.2, 0.25) is 0 Å². The molecule has 0 spiro atoms. The van der Waals surface area contributed by atoms with Crippen LogP contribution in [-0.2, 0) is 31.7 Å². The summed E-state index contributed by atoms with van der Waals surface area (Å²) < 4.78 is 66.2. The molecule has 0 aliphatic rings. The maximum atomic E-state index is 13.2. The lowest BCUT2D eigenvalue weighted by Crippen LogP contribution is -2.37. The molecule has 0 unspecified atom stereocenters. The first-order valence-corrected chi connectivity index (χ1v) is 13.4. The van der Waals surface area contributed by atoms with Crippen LogP contribution in [0, 0.1) is 0 Å². The Labute approximate surface area is 243 Å². The maximum Gasteiger partial charge on any atom is 0.416 e. The molecule has 0 atom stereocenters. The summed E-state index contributed by atoms with van der Waals surface area (Å²) in [6, 6.07) is 13.6. The Hall–Kier alpha value is -3.71. The van der Waals surface area contributed by atoms with Crippen molar-refractivity contribution >= 4 is 6.03 Å². The highest BCUT2D eigenvalue weighted by molar-refractivity contribution is 5.78. The van der Waals surface area contributed by atoms with Gasteiger partial charge in [0.25, 0.3) is 0 Å². The van der Waals surface area contributed by atoms with Crippen molar-refractivity contribution in [1.29, 1.82) is 0 Å². The molecule has 2 aromatic carbocycles. The van der Waals surface area contributed by atoms with Crippen LogP contribution >= 0.6 is 0 Å². The molecule has 228 valence electrons. The number of nitrogens with one attached hydrogen (secondary N) is 2. The number of methoxy groups -OCH3 is 2. The van der Waals surface area contributed by atoms with E-state index < -0.39 is 11.7 Å². The molecular formula is C30H36F3N3O6. The lowest BCUT2D eigenvalue weighted by Gasteiger charge is -2.14. The number of aromatic nitrogens is 1. The lowest BCUT2D eigenvalue weighted by atomic mass is 9.97. The lowest BCUT2D eigenvalue weighted by molar-refractivity contribution is -0.137. The van der Waals surface area contributed by atoms with Gasteiger partial charge in [-0.3, -0.25) is 4.98 Å². The van der Waals surface area contributed by atoms with Crippen LogP contribution in [0.3, 0.4) is 0 Å². The van der Waals surface area contributed by atoms with Crippen molar-refractivity contribution in [2.75, 3.05) is 67.0 Å². The summed E-state index contributed by atoms with van der Waals surface area (Å²) in [5.41, 5.74) is 2.33. The van der Waals surface area contributed by atoms with Gasteiger partial charge in [0.15, 0.2) is 0 Å². The van der Waals surface area contributed by atoms with Gasteiger partial charge in [0, 0.05) is 25.4 Å². The number of pyridine rings is 1. The fraction of sp³-hybridized carbons (Fsp3) is 0.400. The van der Waals surface area contributed by atoms with Crippen LogP contribution in [0.4, 0.5) is 18.0 Å². The average molecular weight is 592 g/mol. The first-order valence-electron chi connectivity index (χ1n) is 13.4. The third kappa shape index (κ3) is 10.9. The van der Waals surface area contributed by atoms with Gasteiger partial charge in [-0.1, -0.05) is 18.2 Å². The molecule has 0 aliphatic carbocycles. The minimum Gasteiger partial charge on any atom is -0.496 e. The molecule has 9 nitrogen and oxygen atoms in total. The Morgan fingerprint density at radius 2 is 1.48 bits per heavy atom. The maximum absolute atomic E-state index is 13.2. The number of ether oxygens (including phenoxy) is 5. The van der Waals surface area contributed by atoms with E-state index in [1.54, 1.807) is 49.7 Å². The number of amides is 2. The van der Waals surface area contributed by atoms with Crippen molar-refractivity contribution in [3.05, 3.63) is 72.1 Å². The van der Waals surface area contributed by atoms with Crippen molar-refractivity contribution in [3.8, 4) is 28.0 Å². The largest absolute Gasteiger partial charge is 0.496 e. The van der Waals surface area contributed by atoms with Gasteiger partial charge in [-0.25, -0.2) is 4.79 Å². The molecule has 3 aromatic rings. The van der Waals surface area contributed by atoms with E-state index in [1.807, 2.05) is 0 Å². The predicted molar refractivity (Wildman–Crippen MR) is 151 cm³/mol. The van der Waals surface area contributed by atoms with Gasteiger partial charge in [-0.15, -0.1) is 0 Å². The van der Waals surface area contributed by atoms with Crippen molar-refractivity contribution < 1.29 is 41.7 Å². The van der Waals surface area contributed by atoms with Crippen molar-refractivity contribution in [2.45, 2.75) is 12.7 Å². The SMILES string of the molecule is COCCOCCOCCOCCNC(=O)NCc1cc(-c2cc(-c3cccc(C(F)(F)F)c3)ccc2OC)ccn1. The Morgan fingerprint density at radius 1 is 0.786 bits per heavy atom. The molecule has 0 saturated heterocycles. The summed E-state index contributed by atoms with van der Waals surface area (Å²) in [4.78, 5) is 16.5. The van der Waals surface area contributed by atoms with E-state index in [4.69, 9.17) is 23.7 Å². The second-order valence-electron chi connectivity index (χ2n) is 8.97. The number of benzene rings is 2. The van der Waals surface area contributed by atoms with Crippen molar-refractivity contribution in [1.82, 2.24) is 15.6 Å². The molecule has 0 aliphatic heterocycles. The van der Waals surface area contributed by atoms with Crippen molar-refractivity contribution in [3.63, 3.8) is 0 Å². The van der Waals surface area contributed by atoms with Crippen LogP contribution in [0.5, 0.6) is 5.75 Å². The summed E-state index contributed by atoms with van der Waals surface area (Å²) in [7, 11) is 3.14. The number of carbonyl (C=O) groups excluding carboxylic acids is 1. The van der Waals surface area contributed by atoms with Crippen LogP contribution in [0.15, 0.2) is 60.8 Å². The number of rotatable bonds is 17. The fourth-order valence-corrected chi connectivity index (χ4v) is 3.88. The summed E-state index contributed by atoms with van der Waals surface area (Å²) in [6.45, 7) is 3.67. The van der Waals surface area contributed by atoms with Gasteiger partial charge in [-0.05, 0) is 53.1 Å². The minimum atomic E-state index is -4.44. The number of hydrogen-bond donors (Lipinski definition) is 2. The quantitative estimate of drug-likeness (QED) is 0.215. The second kappa shape index (κ2) is 17.3. The highest BCUT2D eigenvalue weighted by atomic mass is 19.4. The Kier molecular flexibility index (Phi) is 13.5. The van der Waals surface area contributed by atoms with Crippen LogP contribution < -0.4 is 15.4 Å². The summed E-state index contributed by atoms with van der Waals surface area (Å²) in [6.07, 6.45) is -2.84. The molecule has 3 rings (SSSR count). The molecule has 0 bridgehead atoms. The standard InChI is InChI=1S/C30H36F3N3O6/c1-38-12-13-41-16-17-42-15-14-40-11-10-35-29(37)36-21-26-19-24(8-9-34-26)27-20-23(6-7-28(27)39-2)22-4-3-5-25(18-22)30(31,32)33/h3-9,18-20H,10-17,21H2,1-2H3,(H2,35,36,37). The molecule has 1 aromatic heterocycles. The van der Waals surface area contributed by atoms with Gasteiger partial charge in [-0.2, -0.15) is 13.2 Å². The molecule has 2 amide bonds. The van der Waals surface area contributed by atoms with E-state index in [1.165, 1.54) is 13.2 Å². The first-order chi connectivity index (χ1) is 20.3. The summed E-state index contributed by atoms with van der Waals surface area (Å²) in [5.74, 6) is 0.550. The Balaban J connectivity index is 1.47. The van der Waals surface area contributed by atoms with Gasteiger partial charge >= 0.3 is 12.2 Å². The minimum absolute atomic E-state index is 0.163. The van der Waals surface area contributed by atoms with Gasteiger partial charge < -0.3 is 34.3 Å². The molecular weight excluding hydrogens is 555 g/mol. The van der Waals surface area contributed by atoms with E-state index in [9.17, 15) is 18.0 Å². The molecule has 0 saturated carbocycles. The summed E-state index contributed by atoms with van der Waals surface area (Å²) in [5, 5.41) is 5.46. The number of nitrogens with zero attached hydrogens (tertiary/aromatic N) is 1. The van der Waals surface area contributed by atoms with E-state index in [0.29, 0.717) is 80.9 Å². The van der Waals surface area contributed by atoms with Crippen molar-refractivity contribution in [2.24, 2.45) is 0 Å². The number of halogens is 3. The zero-order valence-electron chi connectivity index (χ0n) is 23.7. The smallest absolute Gasteiger partial charge is 0.416 e. The number of urea groups is 1. The van der Waals surface area contributed by atoms with E-state index in [-0.39, 0.29) is 12.6 Å². The molecule has 0 radical (unpaired) electrons. The zero-order chi connectivity index (χ0) is 30.2. The highest BCUT2D eigenvalue weighted by Crippen LogP contribution is 2.36. The second-order valence-corrected chi connectivity index (χ2v) is 8.97. The average Bonchev–Trinajstić information content (AvgIpc) is 3.00. The molecule has 2 N–H and O–H groups in total. The predicted octanol–water partition coefficient (Wildman–Crippen LogP) is 4.94. The van der Waals surface area contributed by atoms with Crippen LogP contribution in [0.2, 0.25) is 0 Å². The summed E-state index contributed by atoms with van der Waals surface area (Å²) >= 11 is 0. The van der Waals surface area contributed by atoms with Gasteiger partial charge in [0.05, 0.1) is 71.2 Å². The van der Waals surface area contributed by atoms with Crippen LogP contribution in [-0.4, -0.2) is 78.0 Å². The number of hydrogen-bond acceptors (Lipinski definition) is 7. The third-order valence-electron chi connectivity index (χ3n) is 5.99. The van der Waals surface area contributed by atoms with Crippen LogP contribution in [0.25, 0.3) is 22.3 Å². The third-order valence-corrected chi connectivity index (χ3v) is 5.99. The zero-order valence-corrected chi connectivity index (χ0v) is 23.7. The topological polar surface area (TPSA) is 100 Å². The molecule has 1 heterocycles. The monoisotopic (exact) mass is 591 g/mol. The van der Waals surface area contributed by atoms with Crippen LogP contribution in [0.1, 0.15) is 11.3 Å². The highest BCUT2D eigenvalue weighted by Gasteiger charge is 2.30. The number of alkyl halides is 3. The first kappa shape index (κ1) is 32.8. The van der Waals surface area contributed by atoms with E-state index in [2.05, 4.69) is 15.6 Å².